The third-order valence-corrected chi connectivity index (χ3v) is 4.53. The second kappa shape index (κ2) is 10.4. The Morgan fingerprint density at radius 1 is 0.970 bits per heavy atom. The van der Waals surface area contributed by atoms with Crippen LogP contribution in [-0.2, 0) is 24.0 Å². The van der Waals surface area contributed by atoms with E-state index in [-0.39, 0.29) is 24.2 Å². The van der Waals surface area contributed by atoms with Gasteiger partial charge < -0.3 is 9.84 Å². The molecule has 33 heavy (non-hydrogen) atoms. The Hall–Kier alpha value is -4.14. The van der Waals surface area contributed by atoms with Crippen LogP contribution >= 0.6 is 0 Å². The number of rotatable bonds is 8. The highest BCUT2D eigenvalue weighted by Crippen LogP contribution is 2.29. The van der Waals surface area contributed by atoms with Crippen molar-refractivity contribution in [3.8, 4) is 5.75 Å². The lowest BCUT2D eigenvalue weighted by molar-refractivity contribution is -0.137. The molecule has 0 aliphatic rings. The van der Waals surface area contributed by atoms with Gasteiger partial charge in [0.2, 0.25) is 5.91 Å². The van der Waals surface area contributed by atoms with Gasteiger partial charge in [0.05, 0.1) is 23.8 Å². The Morgan fingerprint density at radius 3 is 2.39 bits per heavy atom. The number of nitrogens with zero attached hydrogens (tertiary/aromatic N) is 1. The lowest BCUT2D eigenvalue weighted by Crippen LogP contribution is -2.20. The number of carboxylic acid groups (broad SMARTS) is 1. The second-order valence-corrected chi connectivity index (χ2v) is 7.00. The maximum absolute atomic E-state index is 12.8. The van der Waals surface area contributed by atoms with E-state index < -0.39 is 23.6 Å². The molecular formula is C24H19F3N2O4. The minimum absolute atomic E-state index is 0.173. The first-order valence-electron chi connectivity index (χ1n) is 9.74. The highest BCUT2D eigenvalue weighted by molar-refractivity contribution is 5.87. The van der Waals surface area contributed by atoms with E-state index in [9.17, 15) is 22.8 Å². The van der Waals surface area contributed by atoms with Crippen molar-refractivity contribution in [1.29, 1.82) is 0 Å². The molecule has 2 N–H and O–H groups in total. The monoisotopic (exact) mass is 456 g/mol. The molecule has 0 aliphatic carbocycles. The quantitative estimate of drug-likeness (QED) is 0.381. The van der Waals surface area contributed by atoms with Crippen LogP contribution in [0.15, 0.2) is 77.9 Å². The average Bonchev–Trinajstić information content (AvgIpc) is 2.78. The Kier molecular flexibility index (Phi) is 7.45. The van der Waals surface area contributed by atoms with E-state index in [1.165, 1.54) is 30.5 Å². The predicted octanol–water partition coefficient (Wildman–Crippen LogP) is 4.68. The largest absolute Gasteiger partial charge is 0.488 e. The van der Waals surface area contributed by atoms with Gasteiger partial charge >= 0.3 is 12.1 Å². The van der Waals surface area contributed by atoms with E-state index in [1.54, 1.807) is 36.4 Å². The molecule has 0 radical (unpaired) electrons. The number of carbonyl (C=O) groups is 2. The van der Waals surface area contributed by atoms with Gasteiger partial charge in [0.1, 0.15) is 12.4 Å². The maximum atomic E-state index is 12.8. The number of hydrogen-bond acceptors (Lipinski definition) is 4. The number of carboxylic acids is 1. The summed E-state index contributed by atoms with van der Waals surface area (Å²) in [6.45, 7) is 0.187. The number of amides is 1. The summed E-state index contributed by atoms with van der Waals surface area (Å²) in [5.74, 6) is -1.10. The summed E-state index contributed by atoms with van der Waals surface area (Å²) in [4.78, 5) is 23.0. The summed E-state index contributed by atoms with van der Waals surface area (Å²) >= 11 is 0. The van der Waals surface area contributed by atoms with Crippen LogP contribution in [-0.4, -0.2) is 23.2 Å². The number of alkyl halides is 3. The van der Waals surface area contributed by atoms with Crippen molar-refractivity contribution in [2.45, 2.75) is 19.2 Å². The third kappa shape index (κ3) is 6.93. The summed E-state index contributed by atoms with van der Waals surface area (Å²) in [6.07, 6.45) is -3.37. The molecule has 3 rings (SSSR count). The molecule has 1 amide bonds. The smallest absolute Gasteiger partial charge is 0.416 e. The molecule has 3 aromatic rings. The molecule has 0 atom stereocenters. The maximum Gasteiger partial charge on any atom is 0.416 e. The molecule has 0 aliphatic heterocycles. The van der Waals surface area contributed by atoms with E-state index in [0.717, 1.165) is 17.7 Å². The second-order valence-electron chi connectivity index (χ2n) is 7.00. The van der Waals surface area contributed by atoms with Crippen molar-refractivity contribution >= 4 is 18.1 Å². The van der Waals surface area contributed by atoms with Gasteiger partial charge in [-0.25, -0.2) is 10.2 Å². The number of hydrazone groups is 1. The zero-order chi connectivity index (χ0) is 23.8. The number of nitrogens with one attached hydrogen (secondary N) is 1. The first-order valence-corrected chi connectivity index (χ1v) is 9.74. The SMILES string of the molecule is O=C(Cc1cccc(C(F)(F)F)c1)N/N=C/c1ccccc1OCc1ccc(C(=O)O)cc1. The number of benzene rings is 3. The van der Waals surface area contributed by atoms with Crippen LogP contribution in [0.2, 0.25) is 0 Å². The van der Waals surface area contributed by atoms with Gasteiger partial charge in [-0.1, -0.05) is 42.5 Å². The molecule has 0 bridgehead atoms. The molecule has 0 heterocycles. The van der Waals surface area contributed by atoms with Crippen molar-refractivity contribution in [1.82, 2.24) is 5.43 Å². The Labute approximate surface area is 187 Å². The average molecular weight is 456 g/mol. The van der Waals surface area contributed by atoms with Crippen LogP contribution in [0.4, 0.5) is 13.2 Å². The van der Waals surface area contributed by atoms with Gasteiger partial charge in [-0.05, 0) is 41.5 Å². The molecule has 0 saturated heterocycles. The van der Waals surface area contributed by atoms with E-state index in [0.29, 0.717) is 11.3 Å². The Bertz CT molecular complexity index is 1160. The molecule has 0 aromatic heterocycles. The standard InChI is InChI=1S/C24H19F3N2O4/c25-24(26,27)20-6-3-4-17(12-20)13-22(30)29-28-14-19-5-1-2-7-21(19)33-15-16-8-10-18(11-9-16)23(31)32/h1-12,14H,13,15H2,(H,29,30)(H,31,32)/b28-14+. The van der Waals surface area contributed by atoms with Crippen LogP contribution in [0.3, 0.4) is 0 Å². The van der Waals surface area contributed by atoms with E-state index >= 15 is 0 Å². The number of carbonyl (C=O) groups excluding carboxylic acids is 1. The van der Waals surface area contributed by atoms with Gasteiger partial charge in [0.25, 0.3) is 0 Å². The van der Waals surface area contributed by atoms with Crippen molar-refractivity contribution in [3.63, 3.8) is 0 Å². The fourth-order valence-corrected chi connectivity index (χ4v) is 2.88. The Morgan fingerprint density at radius 2 is 1.70 bits per heavy atom. The van der Waals surface area contributed by atoms with Gasteiger partial charge in [-0.3, -0.25) is 4.79 Å². The highest BCUT2D eigenvalue weighted by atomic mass is 19.4. The first-order chi connectivity index (χ1) is 15.7. The van der Waals surface area contributed by atoms with E-state index in [1.807, 2.05) is 0 Å². The van der Waals surface area contributed by atoms with Crippen LogP contribution in [0.1, 0.15) is 32.6 Å². The minimum Gasteiger partial charge on any atom is -0.488 e. The van der Waals surface area contributed by atoms with Crippen molar-refractivity contribution < 1.29 is 32.6 Å². The molecule has 0 fully saturated rings. The molecule has 6 nitrogen and oxygen atoms in total. The van der Waals surface area contributed by atoms with Gasteiger partial charge in [-0.2, -0.15) is 18.3 Å². The lowest BCUT2D eigenvalue weighted by atomic mass is 10.1. The number of aromatic carboxylic acids is 1. The first kappa shape index (κ1) is 23.5. The minimum atomic E-state index is -4.48. The van der Waals surface area contributed by atoms with Crippen molar-refractivity contribution in [2.24, 2.45) is 5.10 Å². The zero-order valence-electron chi connectivity index (χ0n) is 17.2. The molecular weight excluding hydrogens is 437 g/mol. The summed E-state index contributed by atoms with van der Waals surface area (Å²) < 4.78 is 44.1. The number of ether oxygens (including phenoxy) is 1. The van der Waals surface area contributed by atoms with E-state index in [2.05, 4.69) is 10.5 Å². The summed E-state index contributed by atoms with van der Waals surface area (Å²) in [5, 5.41) is 12.8. The van der Waals surface area contributed by atoms with Crippen LogP contribution in [0.25, 0.3) is 0 Å². The van der Waals surface area contributed by atoms with Crippen LogP contribution in [0.5, 0.6) is 5.75 Å². The number of hydrogen-bond donors (Lipinski definition) is 2. The topological polar surface area (TPSA) is 88.0 Å². The predicted molar refractivity (Wildman–Crippen MR) is 115 cm³/mol. The highest BCUT2D eigenvalue weighted by Gasteiger charge is 2.30. The third-order valence-electron chi connectivity index (χ3n) is 4.53. The van der Waals surface area contributed by atoms with Crippen LogP contribution < -0.4 is 10.2 Å². The summed E-state index contributed by atoms with van der Waals surface area (Å²) in [5.41, 5.74) is 3.20. The molecule has 170 valence electrons. The zero-order valence-corrected chi connectivity index (χ0v) is 17.2. The van der Waals surface area contributed by atoms with E-state index in [4.69, 9.17) is 9.84 Å². The fraction of sp³-hybridized carbons (Fsp3) is 0.125. The van der Waals surface area contributed by atoms with Gasteiger partial charge in [-0.15, -0.1) is 0 Å². The molecule has 0 spiro atoms. The molecule has 9 heteroatoms. The van der Waals surface area contributed by atoms with Crippen molar-refractivity contribution in [2.75, 3.05) is 0 Å². The summed E-state index contributed by atoms with van der Waals surface area (Å²) in [6, 6.07) is 17.7. The number of para-hydroxylation sites is 1. The van der Waals surface area contributed by atoms with Gasteiger partial charge in [0, 0.05) is 5.56 Å². The summed E-state index contributed by atoms with van der Waals surface area (Å²) in [7, 11) is 0. The molecule has 3 aromatic carbocycles. The Balaban J connectivity index is 1.58. The molecule has 0 unspecified atom stereocenters. The van der Waals surface area contributed by atoms with Crippen molar-refractivity contribution in [3.05, 3.63) is 101 Å². The molecule has 0 saturated carbocycles. The van der Waals surface area contributed by atoms with Gasteiger partial charge in [0.15, 0.2) is 0 Å². The fourth-order valence-electron chi connectivity index (χ4n) is 2.88. The normalized spacial score (nSPS) is 11.4. The number of halogens is 3. The van der Waals surface area contributed by atoms with Crippen LogP contribution in [0, 0.1) is 0 Å². The lowest BCUT2D eigenvalue weighted by Gasteiger charge is -2.09.